The molecule has 0 amide bonds. The zero-order valence-corrected chi connectivity index (χ0v) is 15.2. The average molecular weight is 330 g/mol. The monoisotopic (exact) mass is 330 g/mol. The van der Waals surface area contributed by atoms with Crippen LogP contribution >= 0.6 is 0 Å². The van der Waals surface area contributed by atoms with Gasteiger partial charge in [-0.05, 0) is 55.7 Å². The topological polar surface area (TPSA) is 35.5 Å². The molecule has 2 rings (SSSR count). The van der Waals surface area contributed by atoms with Gasteiger partial charge in [0.1, 0.15) is 11.5 Å². The van der Waals surface area contributed by atoms with Crippen molar-refractivity contribution in [2.24, 2.45) is 11.8 Å². The molecule has 3 nitrogen and oxygen atoms in total. The van der Waals surface area contributed by atoms with E-state index in [1.807, 2.05) is 24.3 Å². The first-order valence-electron chi connectivity index (χ1n) is 8.90. The molecule has 132 valence electrons. The van der Waals surface area contributed by atoms with Crippen LogP contribution in [0.15, 0.2) is 36.4 Å². The number of ketones is 1. The third-order valence-electron chi connectivity index (χ3n) is 4.84. The summed E-state index contributed by atoms with van der Waals surface area (Å²) in [7, 11) is 1.67. The Morgan fingerprint density at radius 1 is 1.25 bits per heavy atom. The predicted molar refractivity (Wildman–Crippen MR) is 97.1 cm³/mol. The molecule has 0 saturated heterocycles. The Bertz CT molecular complexity index is 547. The molecule has 1 aliphatic carbocycles. The number of benzene rings is 1. The summed E-state index contributed by atoms with van der Waals surface area (Å²) in [6, 6.07) is 7.98. The van der Waals surface area contributed by atoms with E-state index in [0.29, 0.717) is 37.1 Å². The van der Waals surface area contributed by atoms with Gasteiger partial charge in [0.2, 0.25) is 0 Å². The normalized spacial score (nSPS) is 24.0. The van der Waals surface area contributed by atoms with Crippen molar-refractivity contribution in [1.29, 1.82) is 0 Å². The van der Waals surface area contributed by atoms with Crippen molar-refractivity contribution in [3.05, 3.63) is 42.0 Å². The highest BCUT2D eigenvalue weighted by atomic mass is 16.5. The number of carbonyl (C=O) groups excluding carboxylic acids is 1. The Morgan fingerprint density at radius 3 is 2.58 bits per heavy atom. The molecular formula is C21H30O3. The van der Waals surface area contributed by atoms with E-state index in [4.69, 9.17) is 9.47 Å². The van der Waals surface area contributed by atoms with Gasteiger partial charge >= 0.3 is 0 Å². The van der Waals surface area contributed by atoms with Crippen molar-refractivity contribution in [2.45, 2.75) is 58.7 Å². The van der Waals surface area contributed by atoms with Crippen molar-refractivity contribution >= 4 is 5.78 Å². The smallest absolute Gasteiger partial charge is 0.133 e. The summed E-state index contributed by atoms with van der Waals surface area (Å²) in [5.74, 6) is 1.86. The van der Waals surface area contributed by atoms with Gasteiger partial charge in [0, 0.05) is 12.8 Å². The molecule has 1 aliphatic rings. The van der Waals surface area contributed by atoms with Gasteiger partial charge in [-0.2, -0.15) is 0 Å². The lowest BCUT2D eigenvalue weighted by molar-refractivity contribution is -0.131. The van der Waals surface area contributed by atoms with Gasteiger partial charge in [0.05, 0.1) is 19.8 Å². The maximum absolute atomic E-state index is 12.0. The van der Waals surface area contributed by atoms with Crippen LogP contribution in [0, 0.1) is 11.8 Å². The molecule has 0 bridgehead atoms. The highest BCUT2D eigenvalue weighted by Crippen LogP contribution is 2.34. The fourth-order valence-electron chi connectivity index (χ4n) is 3.58. The standard InChI is InChI=1S/C21H30O3/c1-15(2)6-5-7-18-13-19(22)12-16(3)21(18)24-14-17-8-10-20(23-4)11-9-17/h8-11,16,18,21H,1,5-7,12-14H2,2-4H3/t16-,18-,21-/m0/s1. The summed E-state index contributed by atoms with van der Waals surface area (Å²) in [4.78, 5) is 12.0. The SMILES string of the molecule is C=C(C)CCC[C@H]1CC(=O)C[C@H](C)[C@@H]1OCc1ccc(OC)cc1. The van der Waals surface area contributed by atoms with Gasteiger partial charge < -0.3 is 9.47 Å². The first-order valence-corrected chi connectivity index (χ1v) is 8.90. The van der Waals surface area contributed by atoms with Gasteiger partial charge in [-0.1, -0.05) is 24.6 Å². The second kappa shape index (κ2) is 9.03. The maximum atomic E-state index is 12.0. The van der Waals surface area contributed by atoms with E-state index in [1.54, 1.807) is 7.11 Å². The lowest BCUT2D eigenvalue weighted by Gasteiger charge is -2.36. The van der Waals surface area contributed by atoms with Crippen molar-refractivity contribution in [2.75, 3.05) is 7.11 Å². The second-order valence-corrected chi connectivity index (χ2v) is 7.16. The van der Waals surface area contributed by atoms with Crippen LogP contribution in [0.1, 0.15) is 51.5 Å². The van der Waals surface area contributed by atoms with Crippen LogP contribution < -0.4 is 4.74 Å². The van der Waals surface area contributed by atoms with Crippen molar-refractivity contribution in [3.63, 3.8) is 0 Å². The van der Waals surface area contributed by atoms with Crippen LogP contribution in [0.5, 0.6) is 5.75 Å². The number of Topliss-reactive ketones (excluding diaryl/α,β-unsaturated/α-hetero) is 1. The molecule has 0 heterocycles. The minimum Gasteiger partial charge on any atom is -0.497 e. The maximum Gasteiger partial charge on any atom is 0.133 e. The number of ether oxygens (including phenoxy) is 2. The van der Waals surface area contributed by atoms with Crippen LogP contribution in [-0.4, -0.2) is 19.0 Å². The number of hydrogen-bond donors (Lipinski definition) is 0. The lowest BCUT2D eigenvalue weighted by Crippen LogP contribution is -2.38. The zero-order chi connectivity index (χ0) is 17.5. The molecule has 0 spiro atoms. The van der Waals surface area contributed by atoms with Gasteiger partial charge in [-0.15, -0.1) is 6.58 Å². The fourth-order valence-corrected chi connectivity index (χ4v) is 3.58. The van der Waals surface area contributed by atoms with E-state index < -0.39 is 0 Å². The number of carbonyl (C=O) groups is 1. The molecule has 1 aromatic carbocycles. The van der Waals surface area contributed by atoms with Gasteiger partial charge in [-0.3, -0.25) is 4.79 Å². The van der Waals surface area contributed by atoms with E-state index in [-0.39, 0.29) is 6.10 Å². The number of allylic oxidation sites excluding steroid dienone is 1. The molecular weight excluding hydrogens is 300 g/mol. The summed E-state index contributed by atoms with van der Waals surface area (Å²) in [6.07, 6.45) is 4.62. The Balaban J connectivity index is 1.94. The van der Waals surface area contributed by atoms with Crippen LogP contribution in [0.4, 0.5) is 0 Å². The fraction of sp³-hybridized carbons (Fsp3) is 0.571. The summed E-state index contributed by atoms with van der Waals surface area (Å²) < 4.78 is 11.4. The molecule has 0 aliphatic heterocycles. The Kier molecular flexibility index (Phi) is 7.04. The summed E-state index contributed by atoms with van der Waals surface area (Å²) in [5, 5.41) is 0. The zero-order valence-electron chi connectivity index (χ0n) is 15.2. The number of methoxy groups -OCH3 is 1. The molecule has 24 heavy (non-hydrogen) atoms. The number of rotatable bonds is 8. The molecule has 0 aromatic heterocycles. The summed E-state index contributed by atoms with van der Waals surface area (Å²) in [6.45, 7) is 8.76. The first kappa shape index (κ1) is 18.7. The Hall–Kier alpha value is -1.61. The highest BCUT2D eigenvalue weighted by molar-refractivity contribution is 5.79. The average Bonchev–Trinajstić information content (AvgIpc) is 2.54. The van der Waals surface area contributed by atoms with Crippen molar-refractivity contribution in [3.8, 4) is 5.75 Å². The van der Waals surface area contributed by atoms with Crippen LogP contribution in [-0.2, 0) is 16.1 Å². The molecule has 3 heteroatoms. The molecule has 1 aromatic rings. The van der Waals surface area contributed by atoms with E-state index in [0.717, 1.165) is 30.6 Å². The summed E-state index contributed by atoms with van der Waals surface area (Å²) >= 11 is 0. The van der Waals surface area contributed by atoms with Gasteiger partial charge in [-0.25, -0.2) is 0 Å². The van der Waals surface area contributed by atoms with E-state index in [2.05, 4.69) is 20.4 Å². The van der Waals surface area contributed by atoms with Crippen molar-refractivity contribution in [1.82, 2.24) is 0 Å². The van der Waals surface area contributed by atoms with Gasteiger partial charge in [0.15, 0.2) is 0 Å². The Labute approximate surface area is 146 Å². The highest BCUT2D eigenvalue weighted by Gasteiger charge is 2.35. The van der Waals surface area contributed by atoms with E-state index in [1.165, 1.54) is 5.57 Å². The molecule has 1 fully saturated rings. The van der Waals surface area contributed by atoms with Crippen molar-refractivity contribution < 1.29 is 14.3 Å². The largest absolute Gasteiger partial charge is 0.497 e. The molecule has 1 saturated carbocycles. The predicted octanol–water partition coefficient (Wildman–Crippen LogP) is 4.94. The minimum absolute atomic E-state index is 0.162. The van der Waals surface area contributed by atoms with Crippen LogP contribution in [0.25, 0.3) is 0 Å². The van der Waals surface area contributed by atoms with Gasteiger partial charge in [0.25, 0.3) is 0 Å². The van der Waals surface area contributed by atoms with E-state index in [9.17, 15) is 4.79 Å². The van der Waals surface area contributed by atoms with Crippen LogP contribution in [0.3, 0.4) is 0 Å². The summed E-state index contributed by atoms with van der Waals surface area (Å²) in [5.41, 5.74) is 2.35. The minimum atomic E-state index is 0.162. The lowest BCUT2D eigenvalue weighted by atomic mass is 9.76. The molecule has 0 unspecified atom stereocenters. The third-order valence-corrected chi connectivity index (χ3v) is 4.84. The molecule has 0 N–H and O–H groups in total. The van der Waals surface area contributed by atoms with E-state index >= 15 is 0 Å². The second-order valence-electron chi connectivity index (χ2n) is 7.16. The third kappa shape index (κ3) is 5.48. The quantitative estimate of drug-likeness (QED) is 0.633. The molecule has 0 radical (unpaired) electrons. The first-order chi connectivity index (χ1) is 11.5. The van der Waals surface area contributed by atoms with Crippen LogP contribution in [0.2, 0.25) is 0 Å². The Morgan fingerprint density at radius 2 is 1.96 bits per heavy atom. The number of hydrogen-bond acceptors (Lipinski definition) is 3. The molecule has 3 atom stereocenters.